The maximum Gasteiger partial charge on any atom is 0.304 e. The number of aliphatic carboxylic acids is 1. The Morgan fingerprint density at radius 1 is 1.44 bits per heavy atom. The summed E-state index contributed by atoms with van der Waals surface area (Å²) >= 11 is 0. The third-order valence-electron chi connectivity index (χ3n) is 3.58. The van der Waals surface area contributed by atoms with Gasteiger partial charge in [-0.3, -0.25) is 9.69 Å². The topological polar surface area (TPSA) is 83.9 Å². The SMILES string of the molecule is O=C(O)CC1CS(=O)(=O)CCN1CC1CCOC1. The Morgan fingerprint density at radius 2 is 2.22 bits per heavy atom. The smallest absolute Gasteiger partial charge is 0.304 e. The fraction of sp³-hybridized carbons (Fsp3) is 0.909. The molecule has 2 aliphatic heterocycles. The van der Waals surface area contributed by atoms with Gasteiger partial charge in [-0.2, -0.15) is 0 Å². The molecule has 2 aliphatic rings. The molecule has 2 unspecified atom stereocenters. The highest BCUT2D eigenvalue weighted by atomic mass is 32.2. The first-order chi connectivity index (χ1) is 8.46. The fourth-order valence-electron chi connectivity index (χ4n) is 2.61. The van der Waals surface area contributed by atoms with Crippen molar-refractivity contribution in [3.63, 3.8) is 0 Å². The van der Waals surface area contributed by atoms with E-state index in [4.69, 9.17) is 9.84 Å². The van der Waals surface area contributed by atoms with Gasteiger partial charge in [-0.25, -0.2) is 8.42 Å². The van der Waals surface area contributed by atoms with Gasteiger partial charge in [-0.1, -0.05) is 0 Å². The third-order valence-corrected chi connectivity index (χ3v) is 5.28. The molecule has 0 aromatic heterocycles. The number of hydrogen-bond donors (Lipinski definition) is 1. The van der Waals surface area contributed by atoms with Crippen molar-refractivity contribution in [3.8, 4) is 0 Å². The summed E-state index contributed by atoms with van der Waals surface area (Å²) in [5.74, 6) is -0.435. The standard InChI is InChI=1S/C11H19NO5S/c13-11(14)5-10-8-18(15,16)4-2-12(10)6-9-1-3-17-7-9/h9-10H,1-8H2,(H,13,14). The first-order valence-corrected chi connectivity index (χ1v) is 8.02. The molecule has 2 fully saturated rings. The van der Waals surface area contributed by atoms with Crippen LogP contribution in [0.25, 0.3) is 0 Å². The minimum absolute atomic E-state index is 0.0348. The van der Waals surface area contributed by atoms with Crippen LogP contribution in [0.15, 0.2) is 0 Å². The van der Waals surface area contributed by atoms with E-state index in [-0.39, 0.29) is 24.0 Å². The van der Waals surface area contributed by atoms with E-state index in [1.165, 1.54) is 0 Å². The van der Waals surface area contributed by atoms with E-state index in [0.717, 1.165) is 19.6 Å². The Balaban J connectivity index is 1.99. The molecule has 2 saturated heterocycles. The van der Waals surface area contributed by atoms with Crippen molar-refractivity contribution in [1.82, 2.24) is 4.90 Å². The van der Waals surface area contributed by atoms with E-state index >= 15 is 0 Å². The van der Waals surface area contributed by atoms with Crippen LogP contribution in [0.1, 0.15) is 12.8 Å². The average Bonchev–Trinajstić information content (AvgIpc) is 2.73. The molecule has 0 aromatic carbocycles. The predicted molar refractivity (Wildman–Crippen MR) is 65.2 cm³/mol. The largest absolute Gasteiger partial charge is 0.481 e. The molecule has 18 heavy (non-hydrogen) atoms. The van der Waals surface area contributed by atoms with Gasteiger partial charge in [-0.05, 0) is 12.3 Å². The van der Waals surface area contributed by atoms with Crippen molar-refractivity contribution in [1.29, 1.82) is 0 Å². The van der Waals surface area contributed by atoms with Gasteiger partial charge in [0.05, 0.1) is 24.5 Å². The molecule has 1 N–H and O–H groups in total. The fourth-order valence-corrected chi connectivity index (χ4v) is 4.20. The molecule has 0 bridgehead atoms. The van der Waals surface area contributed by atoms with Gasteiger partial charge in [0, 0.05) is 25.7 Å². The highest BCUT2D eigenvalue weighted by molar-refractivity contribution is 7.91. The molecule has 0 spiro atoms. The molecule has 0 aliphatic carbocycles. The van der Waals surface area contributed by atoms with Crippen LogP contribution < -0.4 is 0 Å². The minimum Gasteiger partial charge on any atom is -0.481 e. The summed E-state index contributed by atoms with van der Waals surface area (Å²) in [6.07, 6.45) is 0.871. The molecule has 2 rings (SSSR count). The first kappa shape index (κ1) is 13.8. The molecule has 0 radical (unpaired) electrons. The number of ether oxygens (including phenoxy) is 1. The number of hydrogen-bond acceptors (Lipinski definition) is 5. The molecule has 2 heterocycles. The van der Waals surface area contributed by atoms with Crippen LogP contribution in [0.3, 0.4) is 0 Å². The lowest BCUT2D eigenvalue weighted by atomic mass is 10.1. The molecular weight excluding hydrogens is 258 g/mol. The van der Waals surface area contributed by atoms with Crippen molar-refractivity contribution in [2.45, 2.75) is 18.9 Å². The molecule has 0 aromatic rings. The van der Waals surface area contributed by atoms with Gasteiger partial charge in [0.25, 0.3) is 0 Å². The van der Waals surface area contributed by atoms with Gasteiger partial charge >= 0.3 is 5.97 Å². The van der Waals surface area contributed by atoms with E-state index in [9.17, 15) is 13.2 Å². The van der Waals surface area contributed by atoms with Crippen LogP contribution >= 0.6 is 0 Å². The number of sulfone groups is 1. The van der Waals surface area contributed by atoms with Gasteiger partial charge in [0.2, 0.25) is 0 Å². The van der Waals surface area contributed by atoms with E-state index in [1.807, 2.05) is 4.90 Å². The molecule has 6 nitrogen and oxygen atoms in total. The summed E-state index contributed by atoms with van der Waals surface area (Å²) < 4.78 is 28.5. The molecule has 2 atom stereocenters. The van der Waals surface area contributed by atoms with Crippen LogP contribution in [-0.4, -0.2) is 68.2 Å². The summed E-state index contributed by atoms with van der Waals surface area (Å²) in [5.41, 5.74) is 0. The van der Waals surface area contributed by atoms with Crippen LogP contribution in [-0.2, 0) is 19.4 Å². The second-order valence-electron chi connectivity index (χ2n) is 5.09. The molecule has 0 amide bonds. The third kappa shape index (κ3) is 3.66. The van der Waals surface area contributed by atoms with E-state index in [0.29, 0.717) is 19.1 Å². The quantitative estimate of drug-likeness (QED) is 0.752. The van der Waals surface area contributed by atoms with Crippen LogP contribution in [0, 0.1) is 5.92 Å². The van der Waals surface area contributed by atoms with Crippen LogP contribution in [0.5, 0.6) is 0 Å². The summed E-state index contributed by atoms with van der Waals surface area (Å²) in [4.78, 5) is 12.8. The Bertz CT molecular complexity index is 402. The van der Waals surface area contributed by atoms with Crippen molar-refractivity contribution in [2.75, 3.05) is 37.8 Å². The molecular formula is C11H19NO5S. The maximum absolute atomic E-state index is 11.6. The summed E-state index contributed by atoms with van der Waals surface area (Å²) in [6.45, 7) is 2.63. The monoisotopic (exact) mass is 277 g/mol. The Hall–Kier alpha value is -0.660. The normalized spacial score (nSPS) is 32.4. The minimum atomic E-state index is -3.08. The van der Waals surface area contributed by atoms with Crippen molar-refractivity contribution >= 4 is 15.8 Å². The first-order valence-electron chi connectivity index (χ1n) is 6.20. The highest BCUT2D eigenvalue weighted by Crippen LogP contribution is 2.20. The van der Waals surface area contributed by atoms with Crippen LogP contribution in [0.2, 0.25) is 0 Å². The maximum atomic E-state index is 11.6. The summed E-state index contributed by atoms with van der Waals surface area (Å²) in [7, 11) is -3.08. The predicted octanol–water partition coefficient (Wildman–Crippen LogP) is -0.403. The van der Waals surface area contributed by atoms with Gasteiger partial charge in [-0.15, -0.1) is 0 Å². The summed E-state index contributed by atoms with van der Waals surface area (Å²) in [5, 5.41) is 8.87. The average molecular weight is 277 g/mol. The Morgan fingerprint density at radius 3 is 2.83 bits per heavy atom. The molecule has 0 saturated carbocycles. The lowest BCUT2D eigenvalue weighted by Crippen LogP contribution is -2.50. The van der Waals surface area contributed by atoms with E-state index in [2.05, 4.69) is 0 Å². The zero-order chi connectivity index (χ0) is 13.2. The van der Waals surface area contributed by atoms with E-state index < -0.39 is 15.8 Å². The second kappa shape index (κ2) is 5.54. The number of carbonyl (C=O) groups is 1. The lowest BCUT2D eigenvalue weighted by Gasteiger charge is -2.35. The number of nitrogens with zero attached hydrogens (tertiary/aromatic N) is 1. The van der Waals surface area contributed by atoms with E-state index in [1.54, 1.807) is 0 Å². The Kier molecular flexibility index (Phi) is 4.24. The second-order valence-corrected chi connectivity index (χ2v) is 7.32. The van der Waals surface area contributed by atoms with Gasteiger partial charge in [0.1, 0.15) is 0 Å². The molecule has 104 valence electrons. The van der Waals surface area contributed by atoms with Crippen molar-refractivity contribution < 1.29 is 23.1 Å². The zero-order valence-electron chi connectivity index (χ0n) is 10.2. The Labute approximate surface area is 107 Å². The highest BCUT2D eigenvalue weighted by Gasteiger charge is 2.34. The van der Waals surface area contributed by atoms with Crippen molar-refractivity contribution in [3.05, 3.63) is 0 Å². The van der Waals surface area contributed by atoms with Gasteiger partial charge in [0.15, 0.2) is 9.84 Å². The number of carboxylic acids is 1. The van der Waals surface area contributed by atoms with Crippen molar-refractivity contribution in [2.24, 2.45) is 5.92 Å². The molecule has 7 heteroatoms. The number of rotatable bonds is 4. The number of carboxylic acid groups (broad SMARTS) is 1. The zero-order valence-corrected chi connectivity index (χ0v) is 11.1. The van der Waals surface area contributed by atoms with Crippen LogP contribution in [0.4, 0.5) is 0 Å². The van der Waals surface area contributed by atoms with Gasteiger partial charge < -0.3 is 9.84 Å². The summed E-state index contributed by atoms with van der Waals surface area (Å²) in [6, 6.07) is -0.387. The lowest BCUT2D eigenvalue weighted by molar-refractivity contribution is -0.138.